The lowest BCUT2D eigenvalue weighted by molar-refractivity contribution is 0.0420. The number of aromatic nitrogens is 2. The van der Waals surface area contributed by atoms with Gasteiger partial charge < -0.3 is 14.2 Å². The molecule has 164 valence electrons. The number of rotatable bonds is 7. The first-order chi connectivity index (χ1) is 13.9. The van der Waals surface area contributed by atoms with Crippen molar-refractivity contribution in [1.82, 2.24) is 14.3 Å². The molecule has 0 unspecified atom stereocenters. The van der Waals surface area contributed by atoms with Gasteiger partial charge in [0.15, 0.2) is 5.82 Å². The van der Waals surface area contributed by atoms with E-state index in [4.69, 9.17) is 25.8 Å². The predicted octanol–water partition coefficient (Wildman–Crippen LogP) is 3.77. The van der Waals surface area contributed by atoms with Crippen LogP contribution in [0.5, 0.6) is 11.6 Å². The third-order valence-corrected chi connectivity index (χ3v) is 5.43. The second-order valence-corrected chi connectivity index (χ2v) is 9.72. The molecule has 1 aromatic heterocycles. The molecular weight excluding hydrogens is 434 g/mol. The van der Waals surface area contributed by atoms with Crippen molar-refractivity contribution in [2.24, 2.45) is 0 Å². The van der Waals surface area contributed by atoms with Gasteiger partial charge in [0.2, 0.25) is 15.9 Å². The molecule has 0 fully saturated rings. The average molecular weight is 458 g/mol. The topological polar surface area (TPSA) is 108 Å². The van der Waals surface area contributed by atoms with Gasteiger partial charge in [-0.2, -0.15) is 4.98 Å². The van der Waals surface area contributed by atoms with Crippen LogP contribution in [-0.2, 0) is 31.9 Å². The third-order valence-electron chi connectivity index (χ3n) is 3.55. The SMILES string of the molecule is COCc1nc(Cl)cc(Oc2ccc(CS(=O)(=O)N(C)C(=O)OC(C)(C)C)cc2)n1. The maximum atomic E-state index is 12.5. The predicted molar refractivity (Wildman–Crippen MR) is 111 cm³/mol. The van der Waals surface area contributed by atoms with E-state index in [1.807, 2.05) is 0 Å². The molecule has 1 amide bonds. The summed E-state index contributed by atoms with van der Waals surface area (Å²) in [6, 6.07) is 7.78. The van der Waals surface area contributed by atoms with Gasteiger partial charge in [0, 0.05) is 20.2 Å². The summed E-state index contributed by atoms with van der Waals surface area (Å²) in [5.74, 6) is 0.648. The van der Waals surface area contributed by atoms with Crippen molar-refractivity contribution in [3.63, 3.8) is 0 Å². The summed E-state index contributed by atoms with van der Waals surface area (Å²) in [4.78, 5) is 20.2. The summed E-state index contributed by atoms with van der Waals surface area (Å²) in [7, 11) is -1.23. The summed E-state index contributed by atoms with van der Waals surface area (Å²) < 4.78 is 41.3. The molecular formula is C19H24ClN3O6S. The van der Waals surface area contributed by atoms with Crippen LogP contribution in [0.4, 0.5) is 4.79 Å². The second-order valence-electron chi connectivity index (χ2n) is 7.33. The Balaban J connectivity index is 2.08. The molecule has 0 radical (unpaired) electrons. The number of hydrogen-bond donors (Lipinski definition) is 0. The van der Waals surface area contributed by atoms with Gasteiger partial charge in [-0.25, -0.2) is 22.5 Å². The first-order valence-electron chi connectivity index (χ1n) is 8.88. The van der Waals surface area contributed by atoms with Crippen LogP contribution >= 0.6 is 11.6 Å². The molecule has 0 aliphatic carbocycles. The Morgan fingerprint density at radius 3 is 2.37 bits per heavy atom. The fourth-order valence-corrected chi connectivity index (χ4v) is 3.47. The molecule has 30 heavy (non-hydrogen) atoms. The van der Waals surface area contributed by atoms with Crippen molar-refractivity contribution < 1.29 is 27.4 Å². The molecule has 9 nitrogen and oxygen atoms in total. The lowest BCUT2D eigenvalue weighted by atomic mass is 10.2. The van der Waals surface area contributed by atoms with Crippen LogP contribution in [0.1, 0.15) is 32.2 Å². The highest BCUT2D eigenvalue weighted by Crippen LogP contribution is 2.23. The molecule has 0 atom stereocenters. The molecule has 1 aromatic carbocycles. The smallest absolute Gasteiger partial charge is 0.423 e. The van der Waals surface area contributed by atoms with E-state index < -0.39 is 21.7 Å². The quantitative estimate of drug-likeness (QED) is 0.578. The Hall–Kier alpha value is -2.43. The van der Waals surface area contributed by atoms with Gasteiger partial charge in [-0.3, -0.25) is 0 Å². The minimum absolute atomic E-state index is 0.179. The number of methoxy groups -OCH3 is 1. The summed E-state index contributed by atoms with van der Waals surface area (Å²) in [5.41, 5.74) is -0.328. The van der Waals surface area contributed by atoms with E-state index in [2.05, 4.69) is 9.97 Å². The highest BCUT2D eigenvalue weighted by Gasteiger charge is 2.28. The summed E-state index contributed by atoms with van der Waals surface area (Å²) in [5, 5.41) is 0.208. The van der Waals surface area contributed by atoms with Crippen LogP contribution in [0, 0.1) is 0 Å². The zero-order valence-electron chi connectivity index (χ0n) is 17.4. The van der Waals surface area contributed by atoms with Crippen LogP contribution in [0.3, 0.4) is 0 Å². The number of amides is 1. The van der Waals surface area contributed by atoms with E-state index in [9.17, 15) is 13.2 Å². The van der Waals surface area contributed by atoms with Crippen molar-refractivity contribution in [3.05, 3.63) is 46.9 Å². The van der Waals surface area contributed by atoms with E-state index >= 15 is 0 Å². The van der Waals surface area contributed by atoms with Crippen molar-refractivity contribution in [2.45, 2.75) is 38.7 Å². The first kappa shape index (κ1) is 23.8. The Kier molecular flexibility index (Phi) is 7.62. The maximum Gasteiger partial charge on any atom is 0.423 e. The van der Waals surface area contributed by atoms with Gasteiger partial charge in [-0.1, -0.05) is 23.7 Å². The molecule has 0 aliphatic heterocycles. The Morgan fingerprint density at radius 2 is 1.80 bits per heavy atom. The fourth-order valence-electron chi connectivity index (χ4n) is 2.21. The highest BCUT2D eigenvalue weighted by atomic mass is 35.5. The minimum Gasteiger partial charge on any atom is -0.443 e. The van der Waals surface area contributed by atoms with Crippen LogP contribution in [0.2, 0.25) is 5.15 Å². The van der Waals surface area contributed by atoms with Crippen LogP contribution < -0.4 is 4.74 Å². The van der Waals surface area contributed by atoms with Crippen molar-refractivity contribution in [3.8, 4) is 11.6 Å². The molecule has 11 heteroatoms. The van der Waals surface area contributed by atoms with Gasteiger partial charge in [-0.15, -0.1) is 0 Å². The standard InChI is InChI=1S/C19H24ClN3O6S/c1-19(2,3)29-18(24)23(4)30(25,26)12-13-6-8-14(9-7-13)28-17-10-15(20)21-16(22-17)11-27-5/h6-10H,11-12H2,1-5H3. The highest BCUT2D eigenvalue weighted by molar-refractivity contribution is 7.88. The molecule has 0 saturated carbocycles. The van der Waals surface area contributed by atoms with Crippen LogP contribution in [-0.4, -0.2) is 48.5 Å². The zero-order valence-corrected chi connectivity index (χ0v) is 19.0. The Labute approximate surface area is 181 Å². The zero-order chi connectivity index (χ0) is 22.5. The molecule has 0 saturated heterocycles. The lowest BCUT2D eigenvalue weighted by Gasteiger charge is -2.24. The van der Waals surface area contributed by atoms with E-state index in [-0.39, 0.29) is 23.4 Å². The van der Waals surface area contributed by atoms with Gasteiger partial charge in [0.1, 0.15) is 23.1 Å². The number of carbonyl (C=O) groups excluding carboxylic acids is 1. The van der Waals surface area contributed by atoms with Crippen molar-refractivity contribution in [2.75, 3.05) is 14.2 Å². The number of ether oxygens (including phenoxy) is 3. The number of hydrogen-bond acceptors (Lipinski definition) is 8. The maximum absolute atomic E-state index is 12.5. The minimum atomic E-state index is -3.91. The largest absolute Gasteiger partial charge is 0.443 e. The van der Waals surface area contributed by atoms with Crippen molar-refractivity contribution in [1.29, 1.82) is 0 Å². The molecule has 2 rings (SSSR count). The van der Waals surface area contributed by atoms with Gasteiger partial charge >= 0.3 is 6.09 Å². The number of nitrogens with zero attached hydrogens (tertiary/aromatic N) is 3. The normalized spacial score (nSPS) is 11.8. The Morgan fingerprint density at radius 1 is 1.17 bits per heavy atom. The molecule has 1 heterocycles. The van der Waals surface area contributed by atoms with E-state index in [1.54, 1.807) is 45.0 Å². The number of sulfonamides is 1. The van der Waals surface area contributed by atoms with Gasteiger partial charge in [0.25, 0.3) is 0 Å². The molecule has 0 N–H and O–H groups in total. The van der Waals surface area contributed by atoms with E-state index in [0.717, 1.165) is 7.05 Å². The summed E-state index contributed by atoms with van der Waals surface area (Å²) in [6.07, 6.45) is -0.935. The number of carbonyl (C=O) groups is 1. The molecule has 0 aliphatic rings. The second kappa shape index (κ2) is 9.59. The molecule has 0 bridgehead atoms. The number of halogens is 1. The van der Waals surface area contributed by atoms with Gasteiger partial charge in [-0.05, 0) is 38.5 Å². The number of benzene rings is 1. The Bertz CT molecular complexity index is 990. The van der Waals surface area contributed by atoms with Crippen molar-refractivity contribution >= 4 is 27.7 Å². The van der Waals surface area contributed by atoms with E-state index in [1.165, 1.54) is 13.2 Å². The fraction of sp³-hybridized carbons (Fsp3) is 0.421. The first-order valence-corrected chi connectivity index (χ1v) is 10.9. The lowest BCUT2D eigenvalue weighted by Crippen LogP contribution is -2.38. The van der Waals surface area contributed by atoms with Gasteiger partial charge in [0.05, 0.1) is 5.75 Å². The van der Waals surface area contributed by atoms with Crippen LogP contribution in [0.25, 0.3) is 0 Å². The van der Waals surface area contributed by atoms with E-state index in [0.29, 0.717) is 21.4 Å². The monoisotopic (exact) mass is 457 g/mol. The van der Waals surface area contributed by atoms with Crippen LogP contribution in [0.15, 0.2) is 30.3 Å². The molecule has 2 aromatic rings. The summed E-state index contributed by atoms with van der Waals surface area (Å²) >= 11 is 5.95. The summed E-state index contributed by atoms with van der Waals surface area (Å²) in [6.45, 7) is 5.16. The average Bonchev–Trinajstić information content (AvgIpc) is 2.61. The third kappa shape index (κ3) is 7.12. The molecule has 0 spiro atoms.